The lowest BCUT2D eigenvalue weighted by Crippen LogP contribution is -1.96. The highest BCUT2D eigenvalue weighted by Gasteiger charge is 2.04. The predicted octanol–water partition coefficient (Wildman–Crippen LogP) is 4.66. The number of nitrogen functional groups attached to an aromatic ring is 2. The summed E-state index contributed by atoms with van der Waals surface area (Å²) in [6.07, 6.45) is 5.95. The van der Waals surface area contributed by atoms with Gasteiger partial charge in [0.05, 0.1) is 13.2 Å². The molecule has 0 atom stereocenters. The summed E-state index contributed by atoms with van der Waals surface area (Å²) in [6.45, 7) is 7.11. The molecule has 0 aliphatic rings. The van der Waals surface area contributed by atoms with Crippen LogP contribution in [0.3, 0.4) is 0 Å². The molecule has 0 unspecified atom stereocenters. The molecule has 6 heteroatoms. The molecule has 30 heavy (non-hydrogen) atoms. The Morgan fingerprint density at radius 3 is 1.53 bits per heavy atom. The quantitative estimate of drug-likeness (QED) is 0.251. The van der Waals surface area contributed by atoms with Gasteiger partial charge in [-0.2, -0.15) is 0 Å². The van der Waals surface area contributed by atoms with Crippen molar-refractivity contribution in [2.45, 2.75) is 26.7 Å². The fraction of sp³-hybridized carbons (Fsp3) is 0.333. The van der Waals surface area contributed by atoms with Crippen molar-refractivity contribution in [2.24, 2.45) is 0 Å². The van der Waals surface area contributed by atoms with E-state index in [4.69, 9.17) is 20.9 Å². The first-order valence-electron chi connectivity index (χ1n) is 10.5. The Hall–Kier alpha value is -2.96. The van der Waals surface area contributed by atoms with Crippen LogP contribution in [-0.2, 0) is 22.3 Å². The third-order valence-corrected chi connectivity index (χ3v) is 5.02. The molecular formula is C24H32N4O2. The van der Waals surface area contributed by atoms with E-state index in [9.17, 15) is 0 Å². The van der Waals surface area contributed by atoms with Crippen LogP contribution in [-0.4, -0.2) is 36.4 Å². The summed E-state index contributed by atoms with van der Waals surface area (Å²) >= 11 is 0. The zero-order valence-corrected chi connectivity index (χ0v) is 17.8. The lowest BCUT2D eigenvalue weighted by atomic mass is 10.1. The molecule has 0 bridgehead atoms. The molecule has 0 saturated carbocycles. The SMILES string of the molecule is CCOCCc1c[nH]c2cc(N)ccc12.CCOCCc1c[nH]c2cc(N)ccc12. The van der Waals surface area contributed by atoms with Gasteiger partial charge in [-0.3, -0.25) is 0 Å². The summed E-state index contributed by atoms with van der Waals surface area (Å²) in [7, 11) is 0. The topological polar surface area (TPSA) is 102 Å². The normalized spacial score (nSPS) is 11.0. The second-order valence-electron chi connectivity index (χ2n) is 7.13. The van der Waals surface area contributed by atoms with Crippen LogP contribution in [0.5, 0.6) is 0 Å². The zero-order valence-electron chi connectivity index (χ0n) is 17.8. The Balaban J connectivity index is 0.000000171. The molecule has 0 aliphatic heterocycles. The maximum absolute atomic E-state index is 5.71. The van der Waals surface area contributed by atoms with Gasteiger partial charge in [-0.05, 0) is 62.1 Å². The maximum atomic E-state index is 5.71. The minimum Gasteiger partial charge on any atom is -0.399 e. The number of rotatable bonds is 8. The molecule has 0 fully saturated rings. The van der Waals surface area contributed by atoms with Crippen molar-refractivity contribution < 1.29 is 9.47 Å². The Morgan fingerprint density at radius 2 is 1.13 bits per heavy atom. The minimum absolute atomic E-state index is 0.772. The van der Waals surface area contributed by atoms with E-state index < -0.39 is 0 Å². The number of aromatic amines is 2. The summed E-state index contributed by atoms with van der Waals surface area (Å²) in [6, 6.07) is 11.9. The standard InChI is InChI=1S/2C12H16N2O/c2*1-2-15-6-5-9-8-14-12-7-10(13)3-4-11(9)12/h2*3-4,7-8,14H,2,5-6,13H2,1H3. The summed E-state index contributed by atoms with van der Waals surface area (Å²) in [5.74, 6) is 0. The molecule has 160 valence electrons. The third-order valence-electron chi connectivity index (χ3n) is 5.02. The van der Waals surface area contributed by atoms with E-state index in [-0.39, 0.29) is 0 Å². The van der Waals surface area contributed by atoms with Gasteiger partial charge < -0.3 is 30.9 Å². The van der Waals surface area contributed by atoms with Gasteiger partial charge in [0.15, 0.2) is 0 Å². The number of nitrogens with two attached hydrogens (primary N) is 2. The molecule has 6 N–H and O–H groups in total. The number of fused-ring (bicyclic) bond motifs is 2. The minimum atomic E-state index is 0.772. The number of hydrogen-bond donors (Lipinski definition) is 4. The number of benzene rings is 2. The fourth-order valence-corrected chi connectivity index (χ4v) is 3.47. The molecule has 0 aliphatic carbocycles. The van der Waals surface area contributed by atoms with E-state index in [1.54, 1.807) is 0 Å². The number of H-pyrrole nitrogens is 2. The van der Waals surface area contributed by atoms with E-state index in [1.165, 1.54) is 21.9 Å². The summed E-state index contributed by atoms with van der Waals surface area (Å²) in [5, 5.41) is 2.48. The van der Waals surface area contributed by atoms with Gasteiger partial charge in [-0.1, -0.05) is 12.1 Å². The second kappa shape index (κ2) is 10.7. The number of anilines is 2. The summed E-state index contributed by atoms with van der Waals surface area (Å²) in [5.41, 5.74) is 17.8. The van der Waals surface area contributed by atoms with Gasteiger partial charge in [0, 0.05) is 58.8 Å². The first kappa shape index (κ1) is 21.7. The first-order chi connectivity index (χ1) is 14.6. The van der Waals surface area contributed by atoms with Crippen molar-refractivity contribution in [1.29, 1.82) is 0 Å². The van der Waals surface area contributed by atoms with Gasteiger partial charge >= 0.3 is 0 Å². The second-order valence-corrected chi connectivity index (χ2v) is 7.13. The third kappa shape index (κ3) is 5.55. The Kier molecular flexibility index (Phi) is 7.76. The average Bonchev–Trinajstić information content (AvgIpc) is 3.32. The van der Waals surface area contributed by atoms with Crippen molar-refractivity contribution in [3.05, 3.63) is 59.9 Å². The molecule has 0 saturated heterocycles. The zero-order chi connectivity index (χ0) is 21.3. The molecule has 2 heterocycles. The van der Waals surface area contributed by atoms with Crippen LogP contribution in [0.2, 0.25) is 0 Å². The largest absolute Gasteiger partial charge is 0.399 e. The lowest BCUT2D eigenvalue weighted by Gasteiger charge is -2.00. The smallest absolute Gasteiger partial charge is 0.0507 e. The summed E-state index contributed by atoms with van der Waals surface area (Å²) < 4.78 is 10.7. The molecule has 4 rings (SSSR count). The van der Waals surface area contributed by atoms with Crippen molar-refractivity contribution in [3.8, 4) is 0 Å². The number of nitrogens with one attached hydrogen (secondary N) is 2. The van der Waals surface area contributed by atoms with Crippen molar-refractivity contribution in [3.63, 3.8) is 0 Å². The van der Waals surface area contributed by atoms with Crippen molar-refractivity contribution in [2.75, 3.05) is 37.9 Å². The first-order valence-corrected chi connectivity index (χ1v) is 10.5. The molecule has 6 nitrogen and oxygen atoms in total. The predicted molar refractivity (Wildman–Crippen MR) is 126 cm³/mol. The Labute approximate surface area is 177 Å². The van der Waals surface area contributed by atoms with E-state index in [0.29, 0.717) is 0 Å². The Morgan fingerprint density at radius 1 is 0.700 bits per heavy atom. The van der Waals surface area contributed by atoms with Gasteiger partial charge in [0.2, 0.25) is 0 Å². The van der Waals surface area contributed by atoms with Crippen LogP contribution in [0.25, 0.3) is 21.8 Å². The van der Waals surface area contributed by atoms with Gasteiger partial charge in [0.25, 0.3) is 0 Å². The van der Waals surface area contributed by atoms with E-state index in [0.717, 1.165) is 61.7 Å². The number of aromatic nitrogens is 2. The highest BCUT2D eigenvalue weighted by molar-refractivity contribution is 5.86. The fourth-order valence-electron chi connectivity index (χ4n) is 3.47. The lowest BCUT2D eigenvalue weighted by molar-refractivity contribution is 0.151. The van der Waals surface area contributed by atoms with Gasteiger partial charge in [-0.15, -0.1) is 0 Å². The summed E-state index contributed by atoms with van der Waals surface area (Å²) in [4.78, 5) is 6.44. The van der Waals surface area contributed by atoms with Crippen LogP contribution in [0, 0.1) is 0 Å². The van der Waals surface area contributed by atoms with Crippen molar-refractivity contribution in [1.82, 2.24) is 9.97 Å². The average molecular weight is 409 g/mol. The van der Waals surface area contributed by atoms with E-state index in [2.05, 4.69) is 22.1 Å². The van der Waals surface area contributed by atoms with Crippen LogP contribution < -0.4 is 11.5 Å². The van der Waals surface area contributed by atoms with Crippen LogP contribution in [0.15, 0.2) is 48.8 Å². The molecule has 0 spiro atoms. The molecule has 4 aromatic rings. The number of hydrogen-bond acceptors (Lipinski definition) is 4. The maximum Gasteiger partial charge on any atom is 0.0507 e. The van der Waals surface area contributed by atoms with Crippen LogP contribution >= 0.6 is 0 Å². The number of ether oxygens (including phenoxy) is 2. The van der Waals surface area contributed by atoms with Gasteiger partial charge in [-0.25, -0.2) is 0 Å². The molecule has 0 amide bonds. The monoisotopic (exact) mass is 408 g/mol. The van der Waals surface area contributed by atoms with Crippen molar-refractivity contribution >= 4 is 33.2 Å². The highest BCUT2D eigenvalue weighted by Crippen LogP contribution is 2.22. The Bertz CT molecular complexity index is 982. The molecular weight excluding hydrogens is 376 g/mol. The molecule has 2 aromatic carbocycles. The molecule has 2 aromatic heterocycles. The van der Waals surface area contributed by atoms with E-state index >= 15 is 0 Å². The van der Waals surface area contributed by atoms with Gasteiger partial charge in [0.1, 0.15) is 0 Å². The molecule has 0 radical (unpaired) electrons. The van der Waals surface area contributed by atoms with Crippen LogP contribution in [0.1, 0.15) is 25.0 Å². The van der Waals surface area contributed by atoms with Crippen LogP contribution in [0.4, 0.5) is 11.4 Å². The highest BCUT2D eigenvalue weighted by atomic mass is 16.5. The van der Waals surface area contributed by atoms with E-state index in [1.807, 2.05) is 50.5 Å².